The zero-order chi connectivity index (χ0) is 22.4. The van der Waals surface area contributed by atoms with Crippen LogP contribution >= 0.6 is 0 Å². The van der Waals surface area contributed by atoms with Gasteiger partial charge < -0.3 is 25.8 Å². The third kappa shape index (κ3) is 10.3. The van der Waals surface area contributed by atoms with Crippen molar-refractivity contribution in [2.45, 2.75) is 59.0 Å². The van der Waals surface area contributed by atoms with E-state index in [1.807, 2.05) is 18.2 Å². The van der Waals surface area contributed by atoms with Crippen molar-refractivity contribution in [3.05, 3.63) is 41.5 Å². The zero-order valence-electron chi connectivity index (χ0n) is 18.5. The van der Waals surface area contributed by atoms with Gasteiger partial charge in [0.1, 0.15) is 5.75 Å². The molecule has 168 valence electrons. The molecule has 0 aliphatic heterocycles. The molecular formula is C23H37N3O4. The predicted octanol–water partition coefficient (Wildman–Crippen LogP) is 3.91. The molecule has 0 unspecified atom stereocenters. The topological polar surface area (TPSA) is 105 Å². The molecule has 0 saturated heterocycles. The van der Waals surface area contributed by atoms with Crippen molar-refractivity contribution >= 4 is 12.0 Å². The Bertz CT molecular complexity index is 689. The standard InChI is InChI=1S/C23H37N3O4/c1-18(2)9-6-4-5-7-10-22(27)25-16-19-11-12-20(21(15-19)30-3)17-26(23(28)29)14-8-13-24/h6,9,11-12,15,18H,4-5,7-8,10,13-14,16-17,24H2,1-3H3,(H,25,27)(H,28,29). The number of allylic oxidation sites excluding steroid dienone is 2. The van der Waals surface area contributed by atoms with Gasteiger partial charge in [-0.3, -0.25) is 4.79 Å². The van der Waals surface area contributed by atoms with Crippen molar-refractivity contribution < 1.29 is 19.4 Å². The summed E-state index contributed by atoms with van der Waals surface area (Å²) in [6.45, 7) is 5.76. The highest BCUT2D eigenvalue weighted by molar-refractivity contribution is 5.75. The Morgan fingerprint density at radius 1 is 1.27 bits per heavy atom. The Balaban J connectivity index is 2.52. The maximum atomic E-state index is 12.1. The van der Waals surface area contributed by atoms with Crippen LogP contribution in [0.2, 0.25) is 0 Å². The molecule has 0 saturated carbocycles. The normalized spacial score (nSPS) is 11.1. The second kappa shape index (κ2) is 14.4. The van der Waals surface area contributed by atoms with Gasteiger partial charge in [-0.15, -0.1) is 0 Å². The van der Waals surface area contributed by atoms with Gasteiger partial charge in [0.2, 0.25) is 5.91 Å². The van der Waals surface area contributed by atoms with Gasteiger partial charge in [0.15, 0.2) is 0 Å². The lowest BCUT2D eigenvalue weighted by atomic mass is 10.1. The van der Waals surface area contributed by atoms with Crippen LogP contribution in [-0.2, 0) is 17.9 Å². The summed E-state index contributed by atoms with van der Waals surface area (Å²) in [5.41, 5.74) is 7.17. The second-order valence-corrected chi connectivity index (χ2v) is 7.69. The lowest BCUT2D eigenvalue weighted by molar-refractivity contribution is -0.121. The molecule has 7 nitrogen and oxygen atoms in total. The van der Waals surface area contributed by atoms with Crippen molar-refractivity contribution in [1.82, 2.24) is 10.2 Å². The van der Waals surface area contributed by atoms with E-state index in [-0.39, 0.29) is 12.5 Å². The summed E-state index contributed by atoms with van der Waals surface area (Å²) in [7, 11) is 1.56. The van der Waals surface area contributed by atoms with Crippen LogP contribution in [0, 0.1) is 5.92 Å². The van der Waals surface area contributed by atoms with Crippen LogP contribution < -0.4 is 15.8 Å². The molecule has 7 heteroatoms. The van der Waals surface area contributed by atoms with Crippen LogP contribution in [0.15, 0.2) is 30.4 Å². The lowest BCUT2D eigenvalue weighted by Crippen LogP contribution is -2.31. The number of nitrogens with two attached hydrogens (primary N) is 1. The van der Waals surface area contributed by atoms with E-state index in [0.717, 1.165) is 30.4 Å². The highest BCUT2D eigenvalue weighted by Gasteiger charge is 2.15. The molecule has 0 bridgehead atoms. The first-order chi connectivity index (χ1) is 14.4. The summed E-state index contributed by atoms with van der Waals surface area (Å²) >= 11 is 0. The van der Waals surface area contributed by atoms with Crippen molar-refractivity contribution in [2.75, 3.05) is 20.2 Å². The zero-order valence-corrected chi connectivity index (χ0v) is 18.5. The Kier molecular flexibility index (Phi) is 12.3. The minimum Gasteiger partial charge on any atom is -0.496 e. The fourth-order valence-electron chi connectivity index (χ4n) is 2.96. The molecule has 1 aromatic rings. The van der Waals surface area contributed by atoms with E-state index in [0.29, 0.717) is 44.1 Å². The van der Waals surface area contributed by atoms with Gasteiger partial charge in [0.25, 0.3) is 0 Å². The smallest absolute Gasteiger partial charge is 0.407 e. The number of hydrogen-bond donors (Lipinski definition) is 3. The number of nitrogens with zero attached hydrogens (tertiary/aromatic N) is 1. The van der Waals surface area contributed by atoms with E-state index >= 15 is 0 Å². The first-order valence-electron chi connectivity index (χ1n) is 10.6. The van der Waals surface area contributed by atoms with E-state index in [1.165, 1.54) is 4.90 Å². The van der Waals surface area contributed by atoms with Crippen LogP contribution in [0.4, 0.5) is 4.79 Å². The molecule has 4 N–H and O–H groups in total. The predicted molar refractivity (Wildman–Crippen MR) is 119 cm³/mol. The maximum absolute atomic E-state index is 12.1. The van der Waals surface area contributed by atoms with E-state index in [2.05, 4.69) is 31.3 Å². The van der Waals surface area contributed by atoms with Gasteiger partial charge in [-0.25, -0.2) is 4.79 Å². The van der Waals surface area contributed by atoms with Crippen LogP contribution in [-0.4, -0.2) is 42.2 Å². The fraction of sp³-hybridized carbons (Fsp3) is 0.565. The number of nitrogens with one attached hydrogen (secondary N) is 1. The average molecular weight is 420 g/mol. The summed E-state index contributed by atoms with van der Waals surface area (Å²) in [5.74, 6) is 1.21. The Labute approximate surface area is 180 Å². The molecule has 0 aliphatic carbocycles. The number of methoxy groups -OCH3 is 1. The lowest BCUT2D eigenvalue weighted by Gasteiger charge is -2.20. The minimum atomic E-state index is -0.985. The molecule has 0 atom stereocenters. The van der Waals surface area contributed by atoms with Crippen LogP contribution in [0.5, 0.6) is 5.75 Å². The number of benzene rings is 1. The van der Waals surface area contributed by atoms with Crippen molar-refractivity contribution in [2.24, 2.45) is 11.7 Å². The SMILES string of the molecule is COc1cc(CNC(=O)CCCCC=CC(C)C)ccc1CN(CCCN)C(=O)O. The van der Waals surface area contributed by atoms with Crippen LogP contribution in [0.3, 0.4) is 0 Å². The summed E-state index contributed by atoms with van der Waals surface area (Å²) < 4.78 is 5.43. The van der Waals surface area contributed by atoms with Crippen LogP contribution in [0.1, 0.15) is 57.1 Å². The molecule has 0 fully saturated rings. The fourth-order valence-corrected chi connectivity index (χ4v) is 2.96. The third-order valence-corrected chi connectivity index (χ3v) is 4.65. The minimum absolute atomic E-state index is 0.0321. The number of carbonyl (C=O) groups excluding carboxylic acids is 1. The third-order valence-electron chi connectivity index (χ3n) is 4.65. The van der Waals surface area contributed by atoms with E-state index in [9.17, 15) is 14.7 Å². The average Bonchev–Trinajstić information content (AvgIpc) is 2.72. The maximum Gasteiger partial charge on any atom is 0.407 e. The monoisotopic (exact) mass is 419 g/mol. The number of carboxylic acid groups (broad SMARTS) is 1. The van der Waals surface area contributed by atoms with Gasteiger partial charge in [0.05, 0.1) is 13.7 Å². The van der Waals surface area contributed by atoms with Gasteiger partial charge in [-0.1, -0.05) is 38.1 Å². The number of ether oxygens (including phenoxy) is 1. The highest BCUT2D eigenvalue weighted by Crippen LogP contribution is 2.22. The highest BCUT2D eigenvalue weighted by atomic mass is 16.5. The van der Waals surface area contributed by atoms with Gasteiger partial charge in [-0.2, -0.15) is 0 Å². The van der Waals surface area contributed by atoms with Crippen molar-refractivity contribution in [3.63, 3.8) is 0 Å². The second-order valence-electron chi connectivity index (χ2n) is 7.69. The van der Waals surface area contributed by atoms with Crippen molar-refractivity contribution in [3.8, 4) is 5.75 Å². The Morgan fingerprint density at radius 3 is 2.67 bits per heavy atom. The molecule has 0 spiro atoms. The van der Waals surface area contributed by atoms with Gasteiger partial charge in [0, 0.05) is 25.1 Å². The van der Waals surface area contributed by atoms with Gasteiger partial charge in [-0.05, 0) is 49.8 Å². The number of carbonyl (C=O) groups is 2. The number of hydrogen-bond acceptors (Lipinski definition) is 4. The van der Waals surface area contributed by atoms with Crippen molar-refractivity contribution in [1.29, 1.82) is 0 Å². The molecule has 1 aromatic carbocycles. The largest absolute Gasteiger partial charge is 0.496 e. The van der Waals surface area contributed by atoms with E-state index in [1.54, 1.807) is 7.11 Å². The molecule has 0 heterocycles. The van der Waals surface area contributed by atoms with Gasteiger partial charge >= 0.3 is 6.09 Å². The summed E-state index contributed by atoms with van der Waals surface area (Å²) in [6.07, 6.45) is 7.37. The Hall–Kier alpha value is -2.54. The first kappa shape index (κ1) is 25.5. The quantitative estimate of drug-likeness (QED) is 0.313. The molecule has 30 heavy (non-hydrogen) atoms. The summed E-state index contributed by atoms with van der Waals surface area (Å²) in [4.78, 5) is 24.8. The van der Waals surface area contributed by atoms with E-state index < -0.39 is 6.09 Å². The molecule has 0 aromatic heterocycles. The number of rotatable bonds is 14. The molecule has 2 amide bonds. The first-order valence-corrected chi connectivity index (χ1v) is 10.6. The number of unbranched alkanes of at least 4 members (excludes halogenated alkanes) is 2. The molecule has 1 rings (SSSR count). The Morgan fingerprint density at radius 2 is 2.03 bits per heavy atom. The molecular weight excluding hydrogens is 382 g/mol. The molecule has 0 radical (unpaired) electrons. The van der Waals surface area contributed by atoms with E-state index in [4.69, 9.17) is 10.5 Å². The molecule has 0 aliphatic rings. The number of amides is 2. The van der Waals surface area contributed by atoms with Crippen LogP contribution in [0.25, 0.3) is 0 Å². The summed E-state index contributed by atoms with van der Waals surface area (Å²) in [6, 6.07) is 5.58. The summed E-state index contributed by atoms with van der Waals surface area (Å²) in [5, 5.41) is 12.3.